The Morgan fingerprint density at radius 3 is 1.70 bits per heavy atom. The molecule has 7 heteroatoms. The molecule has 1 fully saturated rings. The number of hydrogen-bond acceptors (Lipinski definition) is 3. The Bertz CT molecular complexity index is 1290. The maximum atomic E-state index is 13.6. The summed E-state index contributed by atoms with van der Waals surface area (Å²) in [6, 6.07) is 28.8. The molecule has 4 aromatic carbocycles. The molecule has 1 aliphatic heterocycles. The topological polar surface area (TPSA) is 32.8 Å². The maximum absolute atomic E-state index is 13.6. The van der Waals surface area contributed by atoms with E-state index in [0.717, 1.165) is 12.1 Å². The predicted molar refractivity (Wildman–Crippen MR) is 136 cm³/mol. The monoisotopic (exact) mass is 502 g/mol. The Kier molecular flexibility index (Phi) is 7.23. The number of ether oxygens (including phenoxy) is 1. The van der Waals surface area contributed by atoms with Gasteiger partial charge in [-0.1, -0.05) is 72.8 Å². The molecule has 0 aliphatic carbocycles. The van der Waals surface area contributed by atoms with Crippen LogP contribution in [-0.4, -0.2) is 42.1 Å². The molecule has 1 saturated heterocycles. The predicted octanol–water partition coefficient (Wildman–Crippen LogP) is 6.68. The lowest BCUT2D eigenvalue weighted by Crippen LogP contribution is -2.50. The Labute approximate surface area is 213 Å². The molecule has 0 spiro atoms. The molecule has 0 bridgehead atoms. The van der Waals surface area contributed by atoms with Crippen molar-refractivity contribution in [2.75, 3.05) is 26.2 Å². The lowest BCUT2D eigenvalue weighted by molar-refractivity contribution is 0.0975. The number of carbonyl (C=O) groups is 1. The zero-order chi connectivity index (χ0) is 25.8. The molecule has 0 atom stereocenters. The van der Waals surface area contributed by atoms with Crippen LogP contribution >= 0.6 is 0 Å². The van der Waals surface area contributed by atoms with Crippen LogP contribution in [-0.2, 0) is 0 Å². The van der Waals surface area contributed by atoms with Crippen molar-refractivity contribution in [2.24, 2.45) is 0 Å². The fraction of sp³-hybridized carbons (Fsp3) is 0.167. The standard InChI is InChI=1S/C30H25F3N2O2/c31-26-19-24(20-27(32)28(26)33)21-11-13-25(14-12-21)37-30(36)35-17-15-34(16-18-35)29(22-7-3-1-4-8-22)23-9-5-2-6-10-23/h1-14,19-20,29H,15-18H2. The van der Waals surface area contributed by atoms with Crippen LogP contribution in [0.25, 0.3) is 11.1 Å². The second-order valence-corrected chi connectivity index (χ2v) is 8.89. The number of piperazine rings is 1. The molecule has 0 radical (unpaired) electrons. The molecule has 188 valence electrons. The number of halogens is 3. The Hall–Kier alpha value is -4.10. The van der Waals surface area contributed by atoms with Crippen molar-refractivity contribution in [1.82, 2.24) is 9.80 Å². The average Bonchev–Trinajstić information content (AvgIpc) is 2.93. The molecule has 0 unspecified atom stereocenters. The van der Waals surface area contributed by atoms with Crippen molar-refractivity contribution >= 4 is 6.09 Å². The van der Waals surface area contributed by atoms with E-state index in [-0.39, 0.29) is 11.6 Å². The van der Waals surface area contributed by atoms with E-state index in [4.69, 9.17) is 4.74 Å². The van der Waals surface area contributed by atoms with Crippen LogP contribution in [0, 0.1) is 17.5 Å². The van der Waals surface area contributed by atoms with Gasteiger partial charge in [0, 0.05) is 26.2 Å². The summed E-state index contributed by atoms with van der Waals surface area (Å²) in [5.74, 6) is -3.71. The lowest BCUT2D eigenvalue weighted by atomic mass is 9.96. The van der Waals surface area contributed by atoms with Gasteiger partial charge in [-0.15, -0.1) is 0 Å². The molecule has 1 amide bonds. The van der Waals surface area contributed by atoms with Gasteiger partial charge >= 0.3 is 6.09 Å². The smallest absolute Gasteiger partial charge is 0.410 e. The van der Waals surface area contributed by atoms with Gasteiger partial charge in [-0.05, 0) is 46.5 Å². The zero-order valence-electron chi connectivity index (χ0n) is 20.0. The highest BCUT2D eigenvalue weighted by Crippen LogP contribution is 2.30. The van der Waals surface area contributed by atoms with Crippen LogP contribution in [0.4, 0.5) is 18.0 Å². The quantitative estimate of drug-likeness (QED) is 0.286. The van der Waals surface area contributed by atoms with E-state index in [1.807, 2.05) is 36.4 Å². The average molecular weight is 503 g/mol. The van der Waals surface area contributed by atoms with E-state index in [9.17, 15) is 18.0 Å². The first-order chi connectivity index (χ1) is 18.0. The molecule has 37 heavy (non-hydrogen) atoms. The van der Waals surface area contributed by atoms with E-state index in [0.29, 0.717) is 37.5 Å². The third-order valence-corrected chi connectivity index (χ3v) is 6.54. The summed E-state index contributed by atoms with van der Waals surface area (Å²) in [7, 11) is 0. The third-order valence-electron chi connectivity index (χ3n) is 6.54. The summed E-state index contributed by atoms with van der Waals surface area (Å²) in [4.78, 5) is 16.8. The van der Waals surface area contributed by atoms with Crippen LogP contribution < -0.4 is 4.74 Å². The minimum Gasteiger partial charge on any atom is -0.410 e. The molecular formula is C30H25F3N2O2. The van der Waals surface area contributed by atoms with Crippen LogP contribution in [0.2, 0.25) is 0 Å². The number of carbonyl (C=O) groups excluding carboxylic acids is 1. The van der Waals surface area contributed by atoms with Crippen LogP contribution in [0.15, 0.2) is 97.1 Å². The minimum atomic E-state index is -1.51. The first-order valence-corrected chi connectivity index (χ1v) is 12.1. The fourth-order valence-corrected chi connectivity index (χ4v) is 4.65. The third kappa shape index (κ3) is 5.52. The van der Waals surface area contributed by atoms with Crippen molar-refractivity contribution in [3.05, 3.63) is 126 Å². The molecule has 0 aromatic heterocycles. The molecule has 0 N–H and O–H groups in total. The summed E-state index contributed by atoms with van der Waals surface area (Å²) in [5, 5.41) is 0. The number of benzene rings is 4. The number of rotatable bonds is 5. The minimum absolute atomic E-state index is 0.0919. The highest BCUT2D eigenvalue weighted by Gasteiger charge is 2.29. The second kappa shape index (κ2) is 10.9. The van der Waals surface area contributed by atoms with Gasteiger partial charge in [0.05, 0.1) is 6.04 Å². The molecule has 1 heterocycles. The Morgan fingerprint density at radius 1 is 0.676 bits per heavy atom. The lowest BCUT2D eigenvalue weighted by Gasteiger charge is -2.39. The first kappa shape index (κ1) is 24.6. The fourth-order valence-electron chi connectivity index (χ4n) is 4.65. The first-order valence-electron chi connectivity index (χ1n) is 12.1. The van der Waals surface area contributed by atoms with Crippen molar-refractivity contribution in [3.63, 3.8) is 0 Å². The van der Waals surface area contributed by atoms with E-state index in [2.05, 4.69) is 29.2 Å². The van der Waals surface area contributed by atoms with Crippen molar-refractivity contribution < 1.29 is 22.7 Å². The largest absolute Gasteiger partial charge is 0.415 e. The normalized spacial score (nSPS) is 14.1. The Morgan fingerprint density at radius 2 is 1.19 bits per heavy atom. The maximum Gasteiger partial charge on any atom is 0.415 e. The Balaban J connectivity index is 1.23. The summed E-state index contributed by atoms with van der Waals surface area (Å²) < 4.78 is 45.9. The van der Waals surface area contributed by atoms with Gasteiger partial charge in [-0.2, -0.15) is 0 Å². The molecule has 4 nitrogen and oxygen atoms in total. The van der Waals surface area contributed by atoms with Gasteiger partial charge in [0.25, 0.3) is 0 Å². The van der Waals surface area contributed by atoms with Crippen molar-refractivity contribution in [1.29, 1.82) is 0 Å². The van der Waals surface area contributed by atoms with E-state index < -0.39 is 23.5 Å². The van der Waals surface area contributed by atoms with Gasteiger partial charge in [0.2, 0.25) is 0 Å². The van der Waals surface area contributed by atoms with Gasteiger partial charge in [0.1, 0.15) is 5.75 Å². The summed E-state index contributed by atoms with van der Waals surface area (Å²) >= 11 is 0. The molecule has 5 rings (SSSR count). The summed E-state index contributed by atoms with van der Waals surface area (Å²) in [6.45, 7) is 2.40. The van der Waals surface area contributed by atoms with E-state index in [1.54, 1.807) is 29.2 Å². The van der Waals surface area contributed by atoms with Crippen molar-refractivity contribution in [2.45, 2.75) is 6.04 Å². The summed E-state index contributed by atoms with van der Waals surface area (Å²) in [5.41, 5.74) is 3.06. The van der Waals surface area contributed by atoms with Crippen LogP contribution in [0.1, 0.15) is 17.2 Å². The van der Waals surface area contributed by atoms with Crippen LogP contribution in [0.3, 0.4) is 0 Å². The number of amides is 1. The highest BCUT2D eigenvalue weighted by molar-refractivity contribution is 5.72. The van der Waals surface area contributed by atoms with Crippen molar-refractivity contribution in [3.8, 4) is 16.9 Å². The van der Waals surface area contributed by atoms with Gasteiger partial charge in [-0.25, -0.2) is 18.0 Å². The van der Waals surface area contributed by atoms with Gasteiger partial charge in [-0.3, -0.25) is 4.90 Å². The molecule has 1 aliphatic rings. The number of hydrogen-bond donors (Lipinski definition) is 0. The van der Waals surface area contributed by atoms with Gasteiger partial charge < -0.3 is 9.64 Å². The van der Waals surface area contributed by atoms with E-state index >= 15 is 0 Å². The SMILES string of the molecule is O=C(Oc1ccc(-c2cc(F)c(F)c(F)c2)cc1)N1CCN(C(c2ccccc2)c2ccccc2)CC1. The number of nitrogens with zero attached hydrogens (tertiary/aromatic N) is 2. The summed E-state index contributed by atoms with van der Waals surface area (Å²) in [6.07, 6.45) is -0.456. The highest BCUT2D eigenvalue weighted by atomic mass is 19.2. The second-order valence-electron chi connectivity index (χ2n) is 8.89. The molecule has 0 saturated carbocycles. The zero-order valence-corrected chi connectivity index (χ0v) is 20.0. The van der Waals surface area contributed by atoms with E-state index in [1.165, 1.54) is 11.1 Å². The molecule has 4 aromatic rings. The molecular weight excluding hydrogens is 477 g/mol. The van der Waals surface area contributed by atoms with Gasteiger partial charge in [0.15, 0.2) is 17.5 Å². The van der Waals surface area contributed by atoms with Crippen LogP contribution in [0.5, 0.6) is 5.75 Å².